The number of nitrogens with one attached hydrogen (secondary N) is 2. The van der Waals surface area contributed by atoms with Gasteiger partial charge in [0.25, 0.3) is 0 Å². The summed E-state index contributed by atoms with van der Waals surface area (Å²) in [5.41, 5.74) is 7.07. The lowest BCUT2D eigenvalue weighted by atomic mass is 10.1. The molecule has 3 heterocycles. The summed E-state index contributed by atoms with van der Waals surface area (Å²) in [7, 11) is 0. The average Bonchev–Trinajstić information content (AvgIpc) is 2.76. The van der Waals surface area contributed by atoms with Crippen LogP contribution in [-0.4, -0.2) is 61.3 Å². The van der Waals surface area contributed by atoms with Crippen LogP contribution in [0.4, 0.5) is 0 Å². The molecule has 5 heteroatoms. The maximum absolute atomic E-state index is 6.07. The third-order valence-electron chi connectivity index (χ3n) is 3.96. The molecule has 0 radical (unpaired) electrons. The molecule has 0 aromatic heterocycles. The number of fused-ring (bicyclic) bond motifs is 1. The van der Waals surface area contributed by atoms with Crippen LogP contribution in [0, 0.1) is 0 Å². The van der Waals surface area contributed by atoms with Gasteiger partial charge in [-0.2, -0.15) is 0 Å². The van der Waals surface area contributed by atoms with E-state index in [2.05, 4.69) is 20.4 Å². The van der Waals surface area contributed by atoms with Crippen molar-refractivity contribution in [3.8, 4) is 0 Å². The van der Waals surface area contributed by atoms with Crippen molar-refractivity contribution < 1.29 is 0 Å². The van der Waals surface area contributed by atoms with Crippen molar-refractivity contribution in [1.29, 1.82) is 0 Å². The van der Waals surface area contributed by atoms with Gasteiger partial charge in [0.05, 0.1) is 12.2 Å². The fourth-order valence-corrected chi connectivity index (χ4v) is 3.03. The second-order valence-electron chi connectivity index (χ2n) is 4.90. The van der Waals surface area contributed by atoms with Crippen molar-refractivity contribution in [3.05, 3.63) is 11.9 Å². The zero-order valence-electron chi connectivity index (χ0n) is 9.65. The van der Waals surface area contributed by atoms with Gasteiger partial charge in [-0.05, 0) is 6.42 Å². The van der Waals surface area contributed by atoms with Crippen molar-refractivity contribution in [2.45, 2.75) is 18.6 Å². The second kappa shape index (κ2) is 4.24. The van der Waals surface area contributed by atoms with Gasteiger partial charge in [0, 0.05) is 51.2 Å². The van der Waals surface area contributed by atoms with Crippen LogP contribution in [0.15, 0.2) is 11.9 Å². The predicted octanol–water partition coefficient (Wildman–Crippen LogP) is -1.30. The molecule has 2 unspecified atom stereocenters. The topological polar surface area (TPSA) is 56.6 Å². The summed E-state index contributed by atoms with van der Waals surface area (Å²) in [5.74, 6) is 0. The summed E-state index contributed by atoms with van der Waals surface area (Å²) in [6.45, 7) is 6.82. The van der Waals surface area contributed by atoms with Gasteiger partial charge in [-0.3, -0.25) is 15.1 Å². The Kier molecular flexibility index (Phi) is 2.75. The predicted molar refractivity (Wildman–Crippen MR) is 63.6 cm³/mol. The monoisotopic (exact) mass is 223 g/mol. The van der Waals surface area contributed by atoms with E-state index in [9.17, 15) is 0 Å². The van der Waals surface area contributed by atoms with E-state index in [1.807, 2.05) is 6.20 Å². The lowest BCUT2D eigenvalue weighted by molar-refractivity contribution is 0.0705. The first-order chi connectivity index (χ1) is 7.84. The molecule has 0 aromatic carbocycles. The highest BCUT2D eigenvalue weighted by molar-refractivity contribution is 5.10. The fraction of sp³-hybridized carbons (Fsp3) is 0.818. The summed E-state index contributed by atoms with van der Waals surface area (Å²) < 4.78 is 0. The van der Waals surface area contributed by atoms with Gasteiger partial charge < -0.3 is 11.1 Å². The highest BCUT2D eigenvalue weighted by Gasteiger charge is 2.34. The minimum atomic E-state index is 0.450. The maximum Gasteiger partial charge on any atom is 0.0729 e. The Morgan fingerprint density at radius 1 is 1.19 bits per heavy atom. The number of nitrogens with two attached hydrogens (primary N) is 1. The van der Waals surface area contributed by atoms with Crippen LogP contribution in [0.2, 0.25) is 0 Å². The minimum absolute atomic E-state index is 0.450. The molecule has 0 amide bonds. The van der Waals surface area contributed by atoms with Crippen LogP contribution in [0.5, 0.6) is 0 Å². The Morgan fingerprint density at radius 2 is 2.06 bits per heavy atom. The molecule has 0 spiro atoms. The average molecular weight is 223 g/mol. The molecular formula is C11H21N5. The van der Waals surface area contributed by atoms with Crippen LogP contribution < -0.4 is 16.4 Å². The van der Waals surface area contributed by atoms with Gasteiger partial charge in [-0.1, -0.05) is 0 Å². The quantitative estimate of drug-likeness (QED) is 0.516. The van der Waals surface area contributed by atoms with Gasteiger partial charge in [0.15, 0.2) is 0 Å². The lowest BCUT2D eigenvalue weighted by Crippen LogP contribution is -2.58. The first-order valence-corrected chi connectivity index (χ1v) is 6.25. The second-order valence-corrected chi connectivity index (χ2v) is 4.90. The number of piperazine rings is 1. The van der Waals surface area contributed by atoms with E-state index >= 15 is 0 Å². The molecule has 90 valence electrons. The molecule has 16 heavy (non-hydrogen) atoms. The van der Waals surface area contributed by atoms with E-state index in [0.717, 1.165) is 38.3 Å². The number of hydrogen-bond donors (Lipinski definition) is 3. The molecule has 3 aliphatic heterocycles. The molecule has 3 rings (SSSR count). The normalized spacial score (nSPS) is 36.6. The number of nitrogens with zero attached hydrogens (tertiary/aromatic N) is 2. The van der Waals surface area contributed by atoms with Crippen molar-refractivity contribution in [1.82, 2.24) is 20.4 Å². The Morgan fingerprint density at radius 3 is 2.94 bits per heavy atom. The van der Waals surface area contributed by atoms with Crippen LogP contribution in [0.1, 0.15) is 6.42 Å². The zero-order chi connectivity index (χ0) is 11.0. The molecular weight excluding hydrogens is 202 g/mol. The Hall–Kier alpha value is -0.780. The van der Waals surface area contributed by atoms with E-state index in [1.165, 1.54) is 13.1 Å². The van der Waals surface area contributed by atoms with E-state index in [0.29, 0.717) is 12.2 Å². The first kappa shape index (κ1) is 10.4. The van der Waals surface area contributed by atoms with E-state index in [-0.39, 0.29) is 0 Å². The highest BCUT2D eigenvalue weighted by Crippen LogP contribution is 2.19. The molecule has 0 aliphatic carbocycles. The molecule has 2 saturated heterocycles. The smallest absolute Gasteiger partial charge is 0.0729 e. The molecule has 0 bridgehead atoms. The van der Waals surface area contributed by atoms with Crippen molar-refractivity contribution in [2.24, 2.45) is 5.73 Å². The molecule has 5 nitrogen and oxygen atoms in total. The molecule has 0 aromatic rings. The van der Waals surface area contributed by atoms with Gasteiger partial charge in [0.1, 0.15) is 0 Å². The summed E-state index contributed by atoms with van der Waals surface area (Å²) in [6.07, 6.45) is 3.66. The van der Waals surface area contributed by atoms with Crippen molar-refractivity contribution in [3.63, 3.8) is 0 Å². The summed E-state index contributed by atoms with van der Waals surface area (Å²) in [6, 6.07) is 0.450. The standard InChI is InChI=1S/C11H21N5/c12-9-7-13-2-1-10(9)16-6-5-15-4-3-14-11(15)8-16/h7,10-11,13-14H,1-6,8,12H2. The van der Waals surface area contributed by atoms with Gasteiger partial charge in [-0.25, -0.2) is 0 Å². The lowest BCUT2D eigenvalue weighted by Gasteiger charge is -2.42. The van der Waals surface area contributed by atoms with Gasteiger partial charge in [-0.15, -0.1) is 0 Å². The van der Waals surface area contributed by atoms with Gasteiger partial charge >= 0.3 is 0 Å². The Balaban J connectivity index is 1.67. The molecule has 2 atom stereocenters. The van der Waals surface area contributed by atoms with Crippen LogP contribution in [-0.2, 0) is 0 Å². The summed E-state index contributed by atoms with van der Waals surface area (Å²) in [4.78, 5) is 5.07. The third-order valence-corrected chi connectivity index (χ3v) is 3.96. The fourth-order valence-electron chi connectivity index (χ4n) is 3.03. The zero-order valence-corrected chi connectivity index (χ0v) is 9.65. The summed E-state index contributed by atoms with van der Waals surface area (Å²) in [5, 5.41) is 6.76. The molecule has 3 aliphatic rings. The maximum atomic E-state index is 6.07. The number of hydrogen-bond acceptors (Lipinski definition) is 5. The van der Waals surface area contributed by atoms with E-state index < -0.39 is 0 Å². The van der Waals surface area contributed by atoms with E-state index in [4.69, 9.17) is 5.73 Å². The van der Waals surface area contributed by atoms with E-state index in [1.54, 1.807) is 0 Å². The molecule has 2 fully saturated rings. The Labute approximate surface area is 96.6 Å². The highest BCUT2D eigenvalue weighted by atomic mass is 15.4. The van der Waals surface area contributed by atoms with Gasteiger partial charge in [0.2, 0.25) is 0 Å². The summed E-state index contributed by atoms with van der Waals surface area (Å²) >= 11 is 0. The minimum Gasteiger partial charge on any atom is -0.400 e. The van der Waals surface area contributed by atoms with Crippen molar-refractivity contribution >= 4 is 0 Å². The van der Waals surface area contributed by atoms with Crippen LogP contribution in [0.25, 0.3) is 0 Å². The Bertz CT molecular complexity index is 290. The van der Waals surface area contributed by atoms with Crippen LogP contribution in [0.3, 0.4) is 0 Å². The SMILES string of the molecule is NC1=CNCCC1N1CCN2CCNC2C1. The van der Waals surface area contributed by atoms with Crippen LogP contribution >= 0.6 is 0 Å². The molecule has 0 saturated carbocycles. The first-order valence-electron chi connectivity index (χ1n) is 6.25. The molecule has 4 N–H and O–H groups in total. The largest absolute Gasteiger partial charge is 0.400 e. The number of rotatable bonds is 1. The third kappa shape index (κ3) is 1.79. The van der Waals surface area contributed by atoms with Crippen molar-refractivity contribution in [2.75, 3.05) is 39.3 Å².